The molecular weight excluding hydrogens is 555 g/mol. The van der Waals surface area contributed by atoms with Gasteiger partial charge in [0, 0.05) is 41.5 Å². The van der Waals surface area contributed by atoms with Gasteiger partial charge in [-0.1, -0.05) is 36.4 Å². The summed E-state index contributed by atoms with van der Waals surface area (Å²) in [6.45, 7) is 3.64. The lowest BCUT2D eigenvalue weighted by Crippen LogP contribution is -2.37. The normalized spacial score (nSPS) is 20.1. The van der Waals surface area contributed by atoms with Crippen LogP contribution in [0.2, 0.25) is 0 Å². The van der Waals surface area contributed by atoms with E-state index in [2.05, 4.69) is 19.6 Å². The lowest BCUT2D eigenvalue weighted by atomic mass is 10.1. The Bertz CT molecular complexity index is 1620. The van der Waals surface area contributed by atoms with E-state index in [0.29, 0.717) is 43.6 Å². The highest BCUT2D eigenvalue weighted by molar-refractivity contribution is 7.94. The average Bonchev–Trinajstić information content (AvgIpc) is 3.44. The Morgan fingerprint density at radius 2 is 2.07 bits per heavy atom. The van der Waals surface area contributed by atoms with Gasteiger partial charge in [0.2, 0.25) is 0 Å². The molecule has 0 radical (unpaired) electrons. The topological polar surface area (TPSA) is 105 Å². The van der Waals surface area contributed by atoms with Crippen LogP contribution in [0.1, 0.15) is 52.2 Å². The molecule has 0 bridgehead atoms. The highest BCUT2D eigenvalue weighted by atomic mass is 32.2. The molecule has 1 aromatic carbocycles. The molecule has 3 atom stereocenters. The van der Waals surface area contributed by atoms with Crippen molar-refractivity contribution < 1.29 is 22.6 Å². The number of hydrogen-bond acceptors (Lipinski definition) is 6. The van der Waals surface area contributed by atoms with Crippen molar-refractivity contribution >= 4 is 27.2 Å². The van der Waals surface area contributed by atoms with E-state index in [4.69, 9.17) is 4.42 Å². The number of furan rings is 1. The number of amides is 2. The Hall–Kier alpha value is -3.89. The number of alkyl halides is 1. The van der Waals surface area contributed by atoms with Crippen molar-refractivity contribution in [3.05, 3.63) is 96.2 Å². The number of benzene rings is 1. The molecule has 10 heteroatoms. The van der Waals surface area contributed by atoms with Gasteiger partial charge in [-0.25, -0.2) is 8.60 Å². The molecule has 1 N–H and O–H groups in total. The molecule has 2 amide bonds. The lowest BCUT2D eigenvalue weighted by Gasteiger charge is -2.29. The summed E-state index contributed by atoms with van der Waals surface area (Å²) in [7, 11) is -2.94. The van der Waals surface area contributed by atoms with E-state index in [-0.39, 0.29) is 28.2 Å². The Kier molecular flexibility index (Phi) is 9.44. The highest BCUT2D eigenvalue weighted by Gasteiger charge is 2.25. The maximum Gasteiger partial charge on any atom is 0.291 e. The maximum atomic E-state index is 14.2. The predicted molar refractivity (Wildman–Crippen MR) is 163 cm³/mol. The van der Waals surface area contributed by atoms with Gasteiger partial charge in [0.15, 0.2) is 5.76 Å². The Morgan fingerprint density at radius 3 is 2.83 bits per heavy atom. The van der Waals surface area contributed by atoms with Crippen LogP contribution in [-0.4, -0.2) is 62.7 Å². The van der Waals surface area contributed by atoms with Gasteiger partial charge in [-0.2, -0.15) is 4.36 Å². The number of rotatable bonds is 9. The zero-order chi connectivity index (χ0) is 29.5. The van der Waals surface area contributed by atoms with Crippen LogP contribution in [0.4, 0.5) is 10.1 Å². The van der Waals surface area contributed by atoms with Crippen LogP contribution in [0.15, 0.2) is 88.1 Å². The molecule has 0 saturated carbocycles. The van der Waals surface area contributed by atoms with Crippen molar-refractivity contribution in [2.45, 2.75) is 44.0 Å². The van der Waals surface area contributed by atoms with E-state index < -0.39 is 21.8 Å². The minimum atomic E-state index is -2.94. The van der Waals surface area contributed by atoms with Crippen LogP contribution in [-0.2, 0) is 9.73 Å². The number of piperidine rings is 1. The number of aromatic nitrogens is 1. The summed E-state index contributed by atoms with van der Waals surface area (Å²) >= 11 is 0. The Labute approximate surface area is 245 Å². The molecule has 220 valence electrons. The van der Waals surface area contributed by atoms with Crippen molar-refractivity contribution in [3.63, 3.8) is 0 Å². The standard InChI is InChI=1S/C32H35FN4O4S/c1-23-13-16-41-30(23)32(39)35-28-10-5-8-24(19-28)25-18-26(21-34-20-25)31(38)36-42(40,29-11-3-2-4-12-29)17-7-15-37-14-6-9-27(33)22-37/h2-5,8,10-11,13,16,18-21,27,29H,6-7,9,12,14-15,17,22H2,1H3,(H,35,39)/t27?,29?,42-/m0/s1. The molecule has 2 unspecified atom stereocenters. The molecule has 8 nitrogen and oxygen atoms in total. The second-order valence-corrected chi connectivity index (χ2v) is 13.3. The van der Waals surface area contributed by atoms with Crippen LogP contribution in [0.5, 0.6) is 0 Å². The average molecular weight is 591 g/mol. The fourth-order valence-corrected chi connectivity index (χ4v) is 7.48. The quantitative estimate of drug-likeness (QED) is 0.317. The van der Waals surface area contributed by atoms with E-state index in [1.807, 2.05) is 30.4 Å². The van der Waals surface area contributed by atoms with Gasteiger partial charge in [0.05, 0.1) is 26.8 Å². The summed E-state index contributed by atoms with van der Waals surface area (Å²) in [5.74, 6) is -0.455. The van der Waals surface area contributed by atoms with Gasteiger partial charge >= 0.3 is 0 Å². The van der Waals surface area contributed by atoms with E-state index in [1.165, 1.54) is 12.5 Å². The summed E-state index contributed by atoms with van der Waals surface area (Å²) in [5, 5.41) is 2.45. The van der Waals surface area contributed by atoms with Crippen molar-refractivity contribution in [1.82, 2.24) is 9.88 Å². The second-order valence-electron chi connectivity index (χ2n) is 10.7. The SMILES string of the molecule is Cc1ccoc1C(=O)Nc1cccc(-c2cncc(C(=O)N=[S@](=O)(CCCN3CCCC(F)C3)C3C=CC=CC3)c2)c1. The number of carbonyl (C=O) groups is 2. The van der Waals surface area contributed by atoms with Crippen LogP contribution >= 0.6 is 0 Å². The Balaban J connectivity index is 1.34. The number of allylic oxidation sites excluding steroid dienone is 3. The number of halogens is 1. The van der Waals surface area contributed by atoms with Gasteiger partial charge in [0.25, 0.3) is 11.8 Å². The van der Waals surface area contributed by atoms with Gasteiger partial charge < -0.3 is 14.6 Å². The van der Waals surface area contributed by atoms with Crippen molar-refractivity contribution in [2.75, 3.05) is 30.7 Å². The number of nitrogens with one attached hydrogen (secondary N) is 1. The summed E-state index contributed by atoms with van der Waals surface area (Å²) in [4.78, 5) is 32.3. The van der Waals surface area contributed by atoms with Gasteiger partial charge in [-0.3, -0.25) is 14.6 Å². The maximum absolute atomic E-state index is 14.2. The molecule has 2 aliphatic rings. The van der Waals surface area contributed by atoms with E-state index in [1.54, 1.807) is 43.5 Å². The van der Waals surface area contributed by atoms with E-state index >= 15 is 0 Å². The van der Waals surface area contributed by atoms with Crippen LogP contribution in [0.25, 0.3) is 11.1 Å². The number of nitrogens with zero attached hydrogens (tertiary/aromatic N) is 3. The summed E-state index contributed by atoms with van der Waals surface area (Å²) in [5.41, 5.74) is 2.91. The van der Waals surface area contributed by atoms with Crippen LogP contribution in [0.3, 0.4) is 0 Å². The zero-order valence-corrected chi connectivity index (χ0v) is 24.4. The minimum absolute atomic E-state index is 0.229. The number of likely N-dealkylation sites (tertiary alicyclic amines) is 1. The van der Waals surface area contributed by atoms with Crippen LogP contribution in [0, 0.1) is 6.92 Å². The molecule has 5 rings (SSSR count). The summed E-state index contributed by atoms with van der Waals surface area (Å²) in [6.07, 6.45) is 13.7. The van der Waals surface area contributed by atoms with Gasteiger partial charge in [0.1, 0.15) is 6.17 Å². The van der Waals surface area contributed by atoms with Gasteiger partial charge in [-0.05, 0) is 75.5 Å². The first-order valence-corrected chi connectivity index (χ1v) is 15.9. The van der Waals surface area contributed by atoms with E-state index in [0.717, 1.165) is 24.1 Å². The van der Waals surface area contributed by atoms with E-state index in [9.17, 15) is 18.2 Å². The number of anilines is 1. The van der Waals surface area contributed by atoms with Crippen molar-refractivity contribution in [1.29, 1.82) is 0 Å². The van der Waals surface area contributed by atoms with Crippen molar-refractivity contribution in [3.8, 4) is 11.1 Å². The summed E-state index contributed by atoms with van der Waals surface area (Å²) in [6, 6.07) is 10.6. The molecule has 3 aromatic rings. The predicted octanol–water partition coefficient (Wildman–Crippen LogP) is 6.22. The van der Waals surface area contributed by atoms with Crippen molar-refractivity contribution in [2.24, 2.45) is 4.36 Å². The smallest absolute Gasteiger partial charge is 0.291 e. The Morgan fingerprint density at radius 1 is 1.19 bits per heavy atom. The van der Waals surface area contributed by atoms with Crippen LogP contribution < -0.4 is 5.32 Å². The molecule has 1 saturated heterocycles. The molecule has 0 spiro atoms. The number of pyridine rings is 1. The fraction of sp³-hybridized carbons (Fsp3) is 0.344. The molecule has 42 heavy (non-hydrogen) atoms. The first-order valence-electron chi connectivity index (χ1n) is 14.2. The third-order valence-electron chi connectivity index (χ3n) is 7.52. The number of carbonyl (C=O) groups excluding carboxylic acids is 2. The molecule has 3 heterocycles. The highest BCUT2D eigenvalue weighted by Crippen LogP contribution is 2.25. The largest absolute Gasteiger partial charge is 0.459 e. The zero-order valence-electron chi connectivity index (χ0n) is 23.6. The molecular formula is C32H35FN4O4S. The number of hydrogen-bond donors (Lipinski definition) is 1. The summed E-state index contributed by atoms with van der Waals surface area (Å²) < 4.78 is 37.7. The number of aryl methyl sites for hydroxylation is 1. The first-order chi connectivity index (χ1) is 20.3. The molecule has 1 aliphatic carbocycles. The third-order valence-corrected chi connectivity index (χ3v) is 10.2. The second kappa shape index (κ2) is 13.4. The molecule has 2 aromatic heterocycles. The lowest BCUT2D eigenvalue weighted by molar-refractivity contribution is 0.0991. The third kappa shape index (κ3) is 7.30. The molecule has 1 aliphatic heterocycles. The minimum Gasteiger partial charge on any atom is -0.459 e. The first kappa shape index (κ1) is 29.6. The monoisotopic (exact) mass is 590 g/mol. The molecule has 1 fully saturated rings. The fourth-order valence-electron chi connectivity index (χ4n) is 5.27. The van der Waals surface area contributed by atoms with Gasteiger partial charge in [-0.15, -0.1) is 0 Å².